The maximum Gasteiger partial charge on any atom is 0.586 e. The fourth-order valence-electron chi connectivity index (χ4n) is 4.96. The number of hydrogen-bond donors (Lipinski definition) is 1. The van der Waals surface area contributed by atoms with Crippen LogP contribution in [0.1, 0.15) is 65.4 Å². The zero-order valence-corrected chi connectivity index (χ0v) is 20.4. The van der Waals surface area contributed by atoms with Crippen molar-refractivity contribution in [3.8, 4) is 17.2 Å². The number of esters is 1. The molecule has 0 saturated heterocycles. The number of alkyl halides is 2. The van der Waals surface area contributed by atoms with E-state index in [-0.39, 0.29) is 24.0 Å². The summed E-state index contributed by atoms with van der Waals surface area (Å²) < 4.78 is 47.3. The number of hydrogen-bond acceptors (Lipinski definition) is 7. The lowest BCUT2D eigenvalue weighted by Gasteiger charge is -2.32. The number of aromatic nitrogens is 1. The van der Waals surface area contributed by atoms with Crippen LogP contribution in [0.15, 0.2) is 60.8 Å². The van der Waals surface area contributed by atoms with Crippen LogP contribution in [0.2, 0.25) is 0 Å². The van der Waals surface area contributed by atoms with Crippen molar-refractivity contribution in [2.24, 2.45) is 0 Å². The predicted octanol–water partition coefficient (Wildman–Crippen LogP) is 4.99. The third-order valence-corrected chi connectivity index (χ3v) is 7.02. The molecule has 10 heteroatoms. The summed E-state index contributed by atoms with van der Waals surface area (Å²) in [4.78, 5) is 30.1. The second-order valence-electron chi connectivity index (χ2n) is 9.53. The Morgan fingerprint density at radius 2 is 1.84 bits per heavy atom. The molecule has 196 valence electrons. The number of pyridine rings is 1. The maximum absolute atomic E-state index is 13.7. The fraction of sp³-hybridized carbons (Fsp3) is 0.321. The number of para-hydroxylation sites is 1. The lowest BCUT2D eigenvalue weighted by atomic mass is 9.87. The van der Waals surface area contributed by atoms with E-state index < -0.39 is 29.8 Å². The molecule has 3 heterocycles. The van der Waals surface area contributed by atoms with Crippen LogP contribution in [-0.4, -0.2) is 29.8 Å². The van der Waals surface area contributed by atoms with Crippen LogP contribution < -0.4 is 19.5 Å². The van der Waals surface area contributed by atoms with Gasteiger partial charge in [-0.2, -0.15) is 0 Å². The number of ether oxygens (including phenoxy) is 4. The molecule has 0 spiro atoms. The summed E-state index contributed by atoms with van der Waals surface area (Å²) in [5.74, 6) is -0.705. The van der Waals surface area contributed by atoms with Crippen LogP contribution in [0.5, 0.6) is 17.2 Å². The summed E-state index contributed by atoms with van der Waals surface area (Å²) in [7, 11) is 0. The molecular weight excluding hydrogens is 498 g/mol. The fourth-order valence-corrected chi connectivity index (χ4v) is 4.96. The van der Waals surface area contributed by atoms with Crippen LogP contribution in [0.4, 0.5) is 8.78 Å². The lowest BCUT2D eigenvalue weighted by molar-refractivity contribution is -0.286. The third kappa shape index (κ3) is 4.40. The van der Waals surface area contributed by atoms with E-state index in [1.807, 2.05) is 18.2 Å². The molecule has 8 nitrogen and oxygen atoms in total. The van der Waals surface area contributed by atoms with Gasteiger partial charge in [0.25, 0.3) is 0 Å². The normalized spacial score (nSPS) is 21.6. The number of benzene rings is 2. The highest BCUT2D eigenvalue weighted by Crippen LogP contribution is 2.51. The van der Waals surface area contributed by atoms with Crippen LogP contribution in [-0.2, 0) is 15.1 Å². The molecule has 38 heavy (non-hydrogen) atoms. The van der Waals surface area contributed by atoms with Crippen molar-refractivity contribution >= 4 is 11.9 Å². The minimum Gasteiger partial charge on any atom is -0.484 e. The molecule has 1 aromatic heterocycles. The van der Waals surface area contributed by atoms with Gasteiger partial charge < -0.3 is 24.3 Å². The van der Waals surface area contributed by atoms with Gasteiger partial charge in [-0.05, 0) is 55.7 Å². The van der Waals surface area contributed by atoms with E-state index >= 15 is 0 Å². The lowest BCUT2D eigenvalue weighted by Crippen LogP contribution is -2.40. The van der Waals surface area contributed by atoms with Crippen molar-refractivity contribution in [2.75, 3.05) is 6.61 Å². The van der Waals surface area contributed by atoms with Crippen LogP contribution >= 0.6 is 0 Å². The van der Waals surface area contributed by atoms with E-state index in [0.717, 1.165) is 5.56 Å². The zero-order valence-electron chi connectivity index (χ0n) is 20.4. The van der Waals surface area contributed by atoms with Crippen molar-refractivity contribution in [1.82, 2.24) is 10.3 Å². The molecule has 3 aliphatic rings. The number of carbonyl (C=O) groups is 2. The van der Waals surface area contributed by atoms with E-state index in [0.29, 0.717) is 41.8 Å². The van der Waals surface area contributed by atoms with Gasteiger partial charge in [0.2, 0.25) is 5.91 Å². The minimum atomic E-state index is -3.70. The Kier molecular flexibility index (Phi) is 5.70. The summed E-state index contributed by atoms with van der Waals surface area (Å²) in [5, 5.41) is 3.16. The maximum atomic E-state index is 13.7. The number of nitrogens with zero attached hydrogens (tertiary/aromatic N) is 1. The minimum absolute atomic E-state index is 0.0384. The van der Waals surface area contributed by atoms with Gasteiger partial charge >= 0.3 is 12.3 Å². The Bertz CT molecular complexity index is 1410. The van der Waals surface area contributed by atoms with Gasteiger partial charge in [-0.1, -0.05) is 24.3 Å². The second kappa shape index (κ2) is 8.97. The Labute approximate surface area is 216 Å². The molecule has 1 amide bonds. The van der Waals surface area contributed by atoms with E-state index in [1.165, 1.54) is 18.3 Å². The van der Waals surface area contributed by atoms with Crippen molar-refractivity contribution in [3.63, 3.8) is 0 Å². The van der Waals surface area contributed by atoms with Gasteiger partial charge in [-0.15, -0.1) is 8.78 Å². The monoisotopic (exact) mass is 522 g/mol. The van der Waals surface area contributed by atoms with Crippen molar-refractivity contribution in [1.29, 1.82) is 0 Å². The number of carbonyl (C=O) groups excluding carboxylic acids is 2. The average Bonchev–Trinajstić information content (AvgIpc) is 3.62. The first-order valence-corrected chi connectivity index (χ1v) is 12.4. The molecule has 1 aliphatic carbocycles. The van der Waals surface area contributed by atoms with Crippen LogP contribution in [0.25, 0.3) is 0 Å². The number of fused-ring (bicyclic) bond motifs is 2. The Hall–Kier alpha value is -4.21. The topological polar surface area (TPSA) is 96.0 Å². The molecule has 2 atom stereocenters. The first-order valence-electron chi connectivity index (χ1n) is 12.4. The molecule has 0 unspecified atom stereocenters. The summed E-state index contributed by atoms with van der Waals surface area (Å²) in [6.07, 6.45) is -1.11. The molecule has 2 aromatic carbocycles. The highest BCUT2D eigenvalue weighted by atomic mass is 19.3. The SMILES string of the molecule is CCOC(=O)c1ccc([C@H]2C[C@H](C(=O)NC3(c4ccc5c(c4)OC(F)(F)O5)CC3)c3ccccc3O2)nc1. The van der Waals surface area contributed by atoms with E-state index in [9.17, 15) is 18.4 Å². The molecule has 0 bridgehead atoms. The molecule has 3 aromatic rings. The van der Waals surface area contributed by atoms with E-state index in [2.05, 4.69) is 19.8 Å². The molecule has 1 N–H and O–H groups in total. The Morgan fingerprint density at radius 3 is 2.58 bits per heavy atom. The largest absolute Gasteiger partial charge is 0.586 e. The Morgan fingerprint density at radius 1 is 1.05 bits per heavy atom. The molecule has 6 rings (SSSR count). The third-order valence-electron chi connectivity index (χ3n) is 7.02. The quantitative estimate of drug-likeness (QED) is 0.456. The van der Waals surface area contributed by atoms with Crippen molar-refractivity contribution < 1.29 is 37.3 Å². The zero-order chi connectivity index (χ0) is 26.5. The molecule has 1 saturated carbocycles. The first kappa shape index (κ1) is 24.1. The average molecular weight is 523 g/mol. The van der Waals surface area contributed by atoms with E-state index in [4.69, 9.17) is 9.47 Å². The molecule has 0 radical (unpaired) electrons. The van der Waals surface area contributed by atoms with Crippen molar-refractivity contribution in [2.45, 2.75) is 50.0 Å². The highest BCUT2D eigenvalue weighted by molar-refractivity contribution is 5.89. The highest BCUT2D eigenvalue weighted by Gasteiger charge is 2.50. The van der Waals surface area contributed by atoms with Crippen LogP contribution in [0, 0.1) is 0 Å². The van der Waals surface area contributed by atoms with Gasteiger partial charge in [-0.3, -0.25) is 9.78 Å². The molecule has 2 aliphatic heterocycles. The van der Waals surface area contributed by atoms with Gasteiger partial charge in [-0.25, -0.2) is 4.79 Å². The van der Waals surface area contributed by atoms with Crippen molar-refractivity contribution in [3.05, 3.63) is 83.2 Å². The number of nitrogens with one attached hydrogen (secondary N) is 1. The molecule has 1 fully saturated rings. The summed E-state index contributed by atoms with van der Waals surface area (Å²) in [5.41, 5.74) is 1.68. The number of amides is 1. The summed E-state index contributed by atoms with van der Waals surface area (Å²) >= 11 is 0. The standard InChI is InChI=1S/C28H24F2N2O6/c1-2-35-26(34)16-7-9-20(31-15-16)23-14-19(18-5-3-4-6-21(18)36-23)25(33)32-27(11-12-27)17-8-10-22-24(13-17)38-28(29,30)37-22/h3-10,13,15,19,23H,2,11-12,14H2,1H3,(H,32,33)/t19-,23+/m0/s1. The number of rotatable bonds is 6. The first-order chi connectivity index (χ1) is 18.3. The predicted molar refractivity (Wildman–Crippen MR) is 129 cm³/mol. The second-order valence-corrected chi connectivity index (χ2v) is 9.53. The Balaban J connectivity index is 1.23. The van der Waals surface area contributed by atoms with E-state index in [1.54, 1.807) is 31.2 Å². The van der Waals surface area contributed by atoms with Crippen LogP contribution in [0.3, 0.4) is 0 Å². The van der Waals surface area contributed by atoms with Gasteiger partial charge in [0.05, 0.1) is 29.3 Å². The summed E-state index contributed by atoms with van der Waals surface area (Å²) in [6.45, 7) is 2.00. The number of halogens is 2. The summed E-state index contributed by atoms with van der Waals surface area (Å²) in [6, 6.07) is 15.3. The van der Waals surface area contributed by atoms with Gasteiger partial charge in [0.1, 0.15) is 11.9 Å². The van der Waals surface area contributed by atoms with Gasteiger partial charge in [0, 0.05) is 18.2 Å². The smallest absolute Gasteiger partial charge is 0.484 e. The molecular formula is C28H24F2N2O6. The van der Waals surface area contributed by atoms with Gasteiger partial charge in [0.15, 0.2) is 11.5 Å².